The third kappa shape index (κ3) is 3.03. The topological polar surface area (TPSA) is 82.1 Å². The number of rotatable bonds is 5. The van der Waals surface area contributed by atoms with Gasteiger partial charge in [0.15, 0.2) is 0 Å². The highest BCUT2D eigenvalue weighted by Crippen LogP contribution is 2.23. The van der Waals surface area contributed by atoms with E-state index in [-0.39, 0.29) is 23.4 Å². The van der Waals surface area contributed by atoms with Crippen LogP contribution in [0, 0.1) is 17.1 Å². The minimum Gasteiger partial charge on any atom is -0.398 e. The van der Waals surface area contributed by atoms with Gasteiger partial charge in [0.05, 0.1) is 11.8 Å². The summed E-state index contributed by atoms with van der Waals surface area (Å²) in [4.78, 5) is 0. The molecule has 0 aromatic heterocycles. The number of aliphatic hydroxyl groups is 1. The van der Waals surface area contributed by atoms with Crippen LogP contribution in [0.15, 0.2) is 24.8 Å². The van der Waals surface area contributed by atoms with Gasteiger partial charge in [-0.15, -0.1) is 6.58 Å². The molecule has 4 nitrogen and oxygen atoms in total. The van der Waals surface area contributed by atoms with E-state index in [1.165, 1.54) is 12.1 Å². The highest BCUT2D eigenvalue weighted by molar-refractivity contribution is 5.56. The summed E-state index contributed by atoms with van der Waals surface area (Å²) in [5, 5.41) is 21.4. The Balaban J connectivity index is 2.91. The first-order valence-electron chi connectivity index (χ1n) is 5.09. The number of nitriles is 1. The van der Waals surface area contributed by atoms with E-state index in [1.54, 1.807) is 12.1 Å². The van der Waals surface area contributed by atoms with Gasteiger partial charge in [0.25, 0.3) is 0 Å². The normalized spacial score (nSPS) is 11.8. The van der Waals surface area contributed by atoms with Crippen molar-refractivity contribution in [2.24, 2.45) is 0 Å². The zero-order valence-corrected chi connectivity index (χ0v) is 9.28. The highest BCUT2D eigenvalue weighted by atomic mass is 19.1. The second kappa shape index (κ2) is 5.99. The zero-order chi connectivity index (χ0) is 12.8. The summed E-state index contributed by atoms with van der Waals surface area (Å²) in [6, 6.07) is 4.47. The molecule has 0 aliphatic carbocycles. The Labute approximate surface area is 99.2 Å². The molecule has 1 aromatic carbocycles. The number of hydrogen-bond acceptors (Lipinski definition) is 4. The van der Waals surface area contributed by atoms with E-state index in [2.05, 4.69) is 11.9 Å². The summed E-state index contributed by atoms with van der Waals surface area (Å²) in [6.07, 6.45) is 0.606. The van der Waals surface area contributed by atoms with E-state index in [0.717, 1.165) is 0 Å². The van der Waals surface area contributed by atoms with Crippen molar-refractivity contribution in [3.05, 3.63) is 41.7 Å². The number of nitrogen functional groups attached to an aromatic ring is 1. The van der Waals surface area contributed by atoms with Crippen LogP contribution in [0.4, 0.5) is 10.1 Å². The molecule has 90 valence electrons. The number of hydrogen-bond donors (Lipinski definition) is 3. The molecule has 0 saturated carbocycles. The SMILES string of the molecule is C=CCNCC(O)c1ccc(N)c(C#N)c1F. The molecule has 1 atom stereocenters. The number of nitrogens with zero attached hydrogens (tertiary/aromatic N) is 1. The number of anilines is 1. The van der Waals surface area contributed by atoms with Crippen molar-refractivity contribution in [1.29, 1.82) is 5.26 Å². The second-order valence-corrected chi connectivity index (χ2v) is 3.51. The van der Waals surface area contributed by atoms with Gasteiger partial charge in [0.2, 0.25) is 0 Å². The molecule has 0 aliphatic rings. The molecule has 17 heavy (non-hydrogen) atoms. The Morgan fingerprint density at radius 3 is 2.94 bits per heavy atom. The number of halogens is 1. The van der Waals surface area contributed by atoms with Crippen LogP contribution in [0.2, 0.25) is 0 Å². The fourth-order valence-electron chi connectivity index (χ4n) is 1.41. The summed E-state index contributed by atoms with van der Waals surface area (Å²) in [5.74, 6) is -0.764. The van der Waals surface area contributed by atoms with Crippen LogP contribution in [0.5, 0.6) is 0 Å². The van der Waals surface area contributed by atoms with Gasteiger partial charge in [-0.3, -0.25) is 0 Å². The van der Waals surface area contributed by atoms with Crippen molar-refractivity contribution < 1.29 is 9.50 Å². The predicted molar refractivity (Wildman–Crippen MR) is 63.6 cm³/mol. The minimum absolute atomic E-state index is 0.0623. The monoisotopic (exact) mass is 235 g/mol. The molecule has 5 heteroatoms. The average molecular weight is 235 g/mol. The zero-order valence-electron chi connectivity index (χ0n) is 9.28. The Morgan fingerprint density at radius 1 is 1.65 bits per heavy atom. The molecule has 0 saturated heterocycles. The Kier molecular flexibility index (Phi) is 4.64. The van der Waals surface area contributed by atoms with E-state index in [0.29, 0.717) is 6.54 Å². The van der Waals surface area contributed by atoms with Crippen molar-refractivity contribution in [2.45, 2.75) is 6.10 Å². The highest BCUT2D eigenvalue weighted by Gasteiger charge is 2.17. The molecule has 0 fully saturated rings. The van der Waals surface area contributed by atoms with Crippen LogP contribution >= 0.6 is 0 Å². The fraction of sp³-hybridized carbons (Fsp3) is 0.250. The van der Waals surface area contributed by atoms with Crippen LogP contribution < -0.4 is 11.1 Å². The van der Waals surface area contributed by atoms with Gasteiger partial charge in [0.1, 0.15) is 17.4 Å². The lowest BCUT2D eigenvalue weighted by molar-refractivity contribution is 0.171. The Morgan fingerprint density at radius 2 is 2.35 bits per heavy atom. The summed E-state index contributed by atoms with van der Waals surface area (Å²) in [7, 11) is 0. The van der Waals surface area contributed by atoms with Crippen molar-refractivity contribution in [3.8, 4) is 6.07 Å². The van der Waals surface area contributed by atoms with Gasteiger partial charge in [-0.05, 0) is 6.07 Å². The Bertz CT molecular complexity index is 454. The van der Waals surface area contributed by atoms with Gasteiger partial charge < -0.3 is 16.2 Å². The molecule has 1 unspecified atom stereocenters. The fourth-order valence-corrected chi connectivity index (χ4v) is 1.41. The van der Waals surface area contributed by atoms with Crippen LogP contribution in [-0.2, 0) is 0 Å². The molecule has 1 aromatic rings. The van der Waals surface area contributed by atoms with Gasteiger partial charge in [-0.1, -0.05) is 12.1 Å². The van der Waals surface area contributed by atoms with Gasteiger partial charge >= 0.3 is 0 Å². The summed E-state index contributed by atoms with van der Waals surface area (Å²) in [6.45, 7) is 4.20. The summed E-state index contributed by atoms with van der Waals surface area (Å²) in [5.41, 5.74) is 5.35. The van der Waals surface area contributed by atoms with E-state index in [9.17, 15) is 9.50 Å². The van der Waals surface area contributed by atoms with E-state index >= 15 is 0 Å². The van der Waals surface area contributed by atoms with Gasteiger partial charge in [-0.2, -0.15) is 5.26 Å². The largest absolute Gasteiger partial charge is 0.398 e. The third-order valence-electron chi connectivity index (χ3n) is 2.30. The standard InChI is InChI=1S/C12H14FN3O/c1-2-5-16-7-11(17)8-3-4-10(15)9(6-14)12(8)13/h2-4,11,16-17H,1,5,7,15H2. The van der Waals surface area contributed by atoms with Crippen LogP contribution in [0.3, 0.4) is 0 Å². The van der Waals surface area contributed by atoms with Crippen LogP contribution in [0.25, 0.3) is 0 Å². The molecule has 1 rings (SSSR count). The molecular formula is C12H14FN3O. The van der Waals surface area contributed by atoms with Crippen molar-refractivity contribution in [1.82, 2.24) is 5.32 Å². The summed E-state index contributed by atoms with van der Waals surface area (Å²) < 4.78 is 13.8. The number of benzene rings is 1. The first kappa shape index (κ1) is 13.2. The van der Waals surface area contributed by atoms with Gasteiger partial charge in [0, 0.05) is 18.7 Å². The van der Waals surface area contributed by atoms with Crippen LogP contribution in [0.1, 0.15) is 17.2 Å². The predicted octanol–water partition coefficient (Wildman–Crippen LogP) is 1.09. The first-order chi connectivity index (χ1) is 8.11. The number of nitrogens with two attached hydrogens (primary N) is 1. The molecule has 0 bridgehead atoms. The maximum absolute atomic E-state index is 13.8. The molecule has 0 spiro atoms. The lowest BCUT2D eigenvalue weighted by Gasteiger charge is -2.13. The lowest BCUT2D eigenvalue weighted by Crippen LogP contribution is -2.22. The third-order valence-corrected chi connectivity index (χ3v) is 2.30. The maximum atomic E-state index is 13.8. The molecule has 0 heterocycles. The Hall–Kier alpha value is -1.90. The van der Waals surface area contributed by atoms with Crippen molar-refractivity contribution in [3.63, 3.8) is 0 Å². The quantitative estimate of drug-likeness (QED) is 0.405. The molecule has 0 radical (unpaired) electrons. The molecular weight excluding hydrogens is 221 g/mol. The average Bonchev–Trinajstić information content (AvgIpc) is 2.30. The van der Waals surface area contributed by atoms with Gasteiger partial charge in [-0.25, -0.2) is 4.39 Å². The van der Waals surface area contributed by atoms with E-state index < -0.39 is 11.9 Å². The van der Waals surface area contributed by atoms with E-state index in [1.807, 2.05) is 0 Å². The number of aliphatic hydroxyl groups excluding tert-OH is 1. The first-order valence-corrected chi connectivity index (χ1v) is 5.09. The smallest absolute Gasteiger partial charge is 0.148 e. The van der Waals surface area contributed by atoms with Crippen LogP contribution in [-0.4, -0.2) is 18.2 Å². The van der Waals surface area contributed by atoms with Crippen molar-refractivity contribution >= 4 is 5.69 Å². The molecule has 0 amide bonds. The van der Waals surface area contributed by atoms with Crippen molar-refractivity contribution in [2.75, 3.05) is 18.8 Å². The van der Waals surface area contributed by atoms with E-state index in [4.69, 9.17) is 11.0 Å². The maximum Gasteiger partial charge on any atom is 0.148 e. The number of nitrogens with one attached hydrogen (secondary N) is 1. The molecule has 4 N–H and O–H groups in total. The second-order valence-electron chi connectivity index (χ2n) is 3.51. The lowest BCUT2D eigenvalue weighted by atomic mass is 10.0. The summed E-state index contributed by atoms with van der Waals surface area (Å²) >= 11 is 0. The minimum atomic E-state index is -1.03. The molecule has 0 aliphatic heterocycles.